The van der Waals surface area contributed by atoms with Crippen molar-refractivity contribution in [3.05, 3.63) is 0 Å². The van der Waals surface area contributed by atoms with Crippen molar-refractivity contribution in [3.8, 4) is 0 Å². The first-order valence-electron chi connectivity index (χ1n) is 6.93. The highest BCUT2D eigenvalue weighted by atomic mass is 32.2. The number of nitrogens with one attached hydrogen (secondary N) is 1. The zero-order chi connectivity index (χ0) is 15.5. The summed E-state index contributed by atoms with van der Waals surface area (Å²) in [5, 5.41) is 2.20. The molecule has 1 atom stereocenters. The Bertz CT molecular complexity index is 471. The Hall–Kier alpha value is -1.11. The number of hydrogen-bond donors (Lipinski definition) is 1. The maximum Gasteiger partial charge on any atom is 0.245 e. The number of piperazine rings is 1. The molecule has 1 N–H and O–H groups in total. The molecule has 7 heteroatoms. The van der Waals surface area contributed by atoms with E-state index in [2.05, 4.69) is 5.32 Å². The minimum Gasteiger partial charge on any atom is -0.343 e. The molecule has 1 fully saturated rings. The summed E-state index contributed by atoms with van der Waals surface area (Å²) in [5.41, 5.74) is 0. The molecular weight excluding hydrogens is 280 g/mol. The van der Waals surface area contributed by atoms with Gasteiger partial charge in [-0.05, 0) is 26.2 Å². The highest BCUT2D eigenvalue weighted by molar-refractivity contribution is 7.92. The molecule has 1 heterocycles. The van der Waals surface area contributed by atoms with E-state index in [1.54, 1.807) is 13.8 Å². The van der Waals surface area contributed by atoms with E-state index >= 15 is 0 Å². The summed E-state index contributed by atoms with van der Waals surface area (Å²) in [6.07, 6.45) is 0.567. The van der Waals surface area contributed by atoms with Crippen LogP contribution in [0.4, 0.5) is 0 Å². The van der Waals surface area contributed by atoms with Gasteiger partial charge in [-0.3, -0.25) is 9.59 Å². The van der Waals surface area contributed by atoms with Gasteiger partial charge in [-0.1, -0.05) is 13.8 Å². The first-order valence-corrected chi connectivity index (χ1v) is 8.64. The summed E-state index contributed by atoms with van der Waals surface area (Å²) in [6, 6.07) is -0.530. The Morgan fingerprint density at radius 2 is 1.85 bits per heavy atom. The van der Waals surface area contributed by atoms with E-state index in [1.165, 1.54) is 4.90 Å². The van der Waals surface area contributed by atoms with Crippen LogP contribution >= 0.6 is 0 Å². The largest absolute Gasteiger partial charge is 0.343 e. The molecule has 0 bridgehead atoms. The van der Waals surface area contributed by atoms with E-state index in [0.717, 1.165) is 0 Å². The predicted molar refractivity (Wildman–Crippen MR) is 76.9 cm³/mol. The molecule has 1 unspecified atom stereocenters. The molecule has 0 aliphatic carbocycles. The summed E-state index contributed by atoms with van der Waals surface area (Å²) in [7, 11) is -3.20. The molecule has 0 saturated carbocycles. The fourth-order valence-electron chi connectivity index (χ4n) is 2.07. The summed E-state index contributed by atoms with van der Waals surface area (Å²) in [6.45, 7) is 7.20. The van der Waals surface area contributed by atoms with Crippen molar-refractivity contribution in [2.24, 2.45) is 5.92 Å². The van der Waals surface area contributed by atoms with Gasteiger partial charge in [0.15, 0.2) is 9.84 Å². The van der Waals surface area contributed by atoms with Crippen LogP contribution in [0.5, 0.6) is 0 Å². The first-order chi connectivity index (χ1) is 9.13. The number of amides is 2. The van der Waals surface area contributed by atoms with Crippen LogP contribution in [0.15, 0.2) is 0 Å². The minimum absolute atomic E-state index is 0.0545. The minimum atomic E-state index is -3.20. The lowest BCUT2D eigenvalue weighted by Crippen LogP contribution is -2.59. The molecule has 2 amide bonds. The van der Waals surface area contributed by atoms with Gasteiger partial charge in [-0.2, -0.15) is 0 Å². The number of carbonyl (C=O) groups is 2. The van der Waals surface area contributed by atoms with Crippen molar-refractivity contribution in [3.63, 3.8) is 0 Å². The third kappa shape index (κ3) is 4.47. The van der Waals surface area contributed by atoms with Crippen molar-refractivity contribution in [2.45, 2.75) is 45.4 Å². The van der Waals surface area contributed by atoms with Crippen molar-refractivity contribution in [1.29, 1.82) is 0 Å². The second kappa shape index (κ2) is 6.56. The van der Waals surface area contributed by atoms with E-state index < -0.39 is 21.1 Å². The molecule has 1 saturated heterocycles. The second-order valence-electron chi connectivity index (χ2n) is 5.93. The topological polar surface area (TPSA) is 83.6 Å². The molecule has 1 aliphatic heterocycles. The molecule has 0 radical (unpaired) electrons. The molecular formula is C13H24N2O4S. The van der Waals surface area contributed by atoms with Crippen molar-refractivity contribution >= 4 is 21.7 Å². The number of nitrogens with zero attached hydrogens (tertiary/aromatic N) is 1. The van der Waals surface area contributed by atoms with Crippen LogP contribution in [0.2, 0.25) is 0 Å². The molecule has 0 aromatic rings. The summed E-state index contributed by atoms with van der Waals surface area (Å²) in [5.74, 6) is -0.226. The summed E-state index contributed by atoms with van der Waals surface area (Å²) in [4.78, 5) is 25.2. The highest BCUT2D eigenvalue weighted by Gasteiger charge is 2.33. The molecule has 1 rings (SSSR count). The lowest BCUT2D eigenvalue weighted by Gasteiger charge is -2.33. The third-order valence-electron chi connectivity index (χ3n) is 3.35. The Morgan fingerprint density at radius 3 is 2.35 bits per heavy atom. The van der Waals surface area contributed by atoms with Crippen molar-refractivity contribution in [2.75, 3.05) is 18.8 Å². The molecule has 0 aromatic carbocycles. The number of rotatable bonds is 6. The number of carbonyl (C=O) groups excluding carboxylic acids is 2. The van der Waals surface area contributed by atoms with Crippen LogP contribution in [0.3, 0.4) is 0 Å². The fraction of sp³-hybridized carbons (Fsp3) is 0.846. The van der Waals surface area contributed by atoms with Crippen LogP contribution in [-0.2, 0) is 19.4 Å². The van der Waals surface area contributed by atoms with E-state index in [9.17, 15) is 18.0 Å². The average molecular weight is 304 g/mol. The fourth-order valence-corrected chi connectivity index (χ4v) is 3.01. The quantitative estimate of drug-likeness (QED) is 0.759. The van der Waals surface area contributed by atoms with Gasteiger partial charge in [0.1, 0.15) is 6.04 Å². The molecule has 0 spiro atoms. The van der Waals surface area contributed by atoms with Crippen LogP contribution in [0.25, 0.3) is 0 Å². The van der Waals surface area contributed by atoms with Gasteiger partial charge in [0.2, 0.25) is 11.8 Å². The maximum atomic E-state index is 12.2. The van der Waals surface area contributed by atoms with Gasteiger partial charge in [0.25, 0.3) is 0 Å². The summed E-state index contributed by atoms with van der Waals surface area (Å²) >= 11 is 0. The zero-order valence-corrected chi connectivity index (χ0v) is 13.4. The van der Waals surface area contributed by atoms with Gasteiger partial charge >= 0.3 is 0 Å². The normalized spacial score (nSPS) is 20.7. The monoisotopic (exact) mass is 304 g/mol. The summed E-state index contributed by atoms with van der Waals surface area (Å²) < 4.78 is 23.6. The van der Waals surface area contributed by atoms with Crippen LogP contribution in [-0.4, -0.2) is 55.3 Å². The van der Waals surface area contributed by atoms with Gasteiger partial charge in [-0.15, -0.1) is 0 Å². The Kier molecular flexibility index (Phi) is 5.56. The molecule has 6 nitrogen and oxygen atoms in total. The molecule has 20 heavy (non-hydrogen) atoms. The van der Waals surface area contributed by atoms with Crippen LogP contribution in [0.1, 0.15) is 34.1 Å². The zero-order valence-electron chi connectivity index (χ0n) is 12.5. The standard InChI is InChI=1S/C13H24N2O4S/c1-9(2)7-11-13(17)15(8-12(16)14-11)5-6-20(18,19)10(3)4/h9-11H,5-8H2,1-4H3,(H,14,16). The lowest BCUT2D eigenvalue weighted by molar-refractivity contribution is -0.144. The molecule has 1 aliphatic rings. The van der Waals surface area contributed by atoms with E-state index in [4.69, 9.17) is 0 Å². The smallest absolute Gasteiger partial charge is 0.245 e. The Morgan fingerprint density at radius 1 is 1.25 bits per heavy atom. The second-order valence-corrected chi connectivity index (χ2v) is 8.60. The van der Waals surface area contributed by atoms with E-state index in [-0.39, 0.29) is 36.6 Å². The maximum absolute atomic E-state index is 12.2. The lowest BCUT2D eigenvalue weighted by atomic mass is 10.0. The number of hydrogen-bond acceptors (Lipinski definition) is 4. The van der Waals surface area contributed by atoms with Gasteiger partial charge in [-0.25, -0.2) is 8.42 Å². The van der Waals surface area contributed by atoms with Crippen LogP contribution in [0, 0.1) is 5.92 Å². The average Bonchev–Trinajstić information content (AvgIpc) is 2.30. The predicted octanol–water partition coefficient (Wildman–Crippen LogP) is 0.183. The first kappa shape index (κ1) is 16.9. The van der Waals surface area contributed by atoms with Crippen molar-refractivity contribution in [1.82, 2.24) is 10.2 Å². The van der Waals surface area contributed by atoms with E-state index in [1.807, 2.05) is 13.8 Å². The Labute approximate surface area is 120 Å². The highest BCUT2D eigenvalue weighted by Crippen LogP contribution is 2.12. The van der Waals surface area contributed by atoms with Gasteiger partial charge in [0.05, 0.1) is 17.5 Å². The molecule has 116 valence electrons. The third-order valence-corrected chi connectivity index (χ3v) is 5.54. The van der Waals surface area contributed by atoms with Crippen LogP contribution < -0.4 is 5.32 Å². The van der Waals surface area contributed by atoms with E-state index in [0.29, 0.717) is 6.42 Å². The van der Waals surface area contributed by atoms with Gasteiger partial charge < -0.3 is 10.2 Å². The van der Waals surface area contributed by atoms with Gasteiger partial charge in [0, 0.05) is 6.54 Å². The van der Waals surface area contributed by atoms with Crippen molar-refractivity contribution < 1.29 is 18.0 Å². The Balaban J connectivity index is 2.69. The SMILES string of the molecule is CC(C)CC1NC(=O)CN(CCS(=O)(=O)C(C)C)C1=O. The number of sulfone groups is 1. The molecule has 0 aromatic heterocycles.